The Morgan fingerprint density at radius 3 is 2.60 bits per heavy atom. The molecule has 0 atom stereocenters. The number of aryl methyl sites for hydroxylation is 2. The summed E-state index contributed by atoms with van der Waals surface area (Å²) in [5.74, 6) is 0. The van der Waals surface area contributed by atoms with Crippen LogP contribution in [0.2, 0.25) is 0 Å². The third-order valence-corrected chi connectivity index (χ3v) is 2.04. The monoisotopic (exact) mass is 205 g/mol. The first-order chi connectivity index (χ1) is 7.15. The molecule has 0 unspecified atom stereocenters. The lowest BCUT2D eigenvalue weighted by molar-refractivity contribution is 0.174. The fraction of sp³-hybridized carbons (Fsp3) is 0.250. The van der Waals surface area contributed by atoms with E-state index in [1.807, 2.05) is 32.0 Å². The molecule has 1 aromatic carbocycles. The number of nitrogens with one attached hydrogen (secondary N) is 1. The van der Waals surface area contributed by atoms with Gasteiger partial charge in [-0.25, -0.2) is 4.79 Å². The van der Waals surface area contributed by atoms with Crippen molar-refractivity contribution < 1.29 is 9.53 Å². The van der Waals surface area contributed by atoms with Gasteiger partial charge in [0.25, 0.3) is 0 Å². The Hall–Kier alpha value is -1.77. The largest absolute Gasteiger partial charge is 0.445 e. The molecule has 0 spiro atoms. The van der Waals surface area contributed by atoms with Crippen molar-refractivity contribution in [2.75, 3.05) is 11.9 Å². The highest BCUT2D eigenvalue weighted by atomic mass is 16.5. The number of anilines is 1. The number of amides is 1. The first-order valence-corrected chi connectivity index (χ1v) is 4.76. The van der Waals surface area contributed by atoms with Crippen LogP contribution in [0.1, 0.15) is 11.1 Å². The molecule has 0 aliphatic heterocycles. The van der Waals surface area contributed by atoms with E-state index in [0.717, 1.165) is 16.8 Å². The van der Waals surface area contributed by atoms with Crippen molar-refractivity contribution in [3.05, 3.63) is 42.0 Å². The van der Waals surface area contributed by atoms with E-state index in [1.165, 1.54) is 6.08 Å². The van der Waals surface area contributed by atoms with E-state index < -0.39 is 6.09 Å². The van der Waals surface area contributed by atoms with E-state index in [-0.39, 0.29) is 6.61 Å². The molecular weight excluding hydrogens is 190 g/mol. The van der Waals surface area contributed by atoms with Crippen molar-refractivity contribution >= 4 is 11.8 Å². The number of hydrogen-bond acceptors (Lipinski definition) is 2. The van der Waals surface area contributed by atoms with Crippen LogP contribution in [0, 0.1) is 13.8 Å². The predicted octanol–water partition coefficient (Wildman–Crippen LogP) is 3.04. The van der Waals surface area contributed by atoms with Crippen molar-refractivity contribution in [3.63, 3.8) is 0 Å². The van der Waals surface area contributed by atoms with Crippen LogP contribution in [-0.4, -0.2) is 12.7 Å². The minimum absolute atomic E-state index is 0.219. The molecule has 0 fully saturated rings. The van der Waals surface area contributed by atoms with E-state index in [9.17, 15) is 4.79 Å². The third kappa shape index (κ3) is 3.13. The van der Waals surface area contributed by atoms with E-state index in [0.29, 0.717) is 0 Å². The summed E-state index contributed by atoms with van der Waals surface area (Å²) < 4.78 is 4.84. The molecule has 1 N–H and O–H groups in total. The van der Waals surface area contributed by atoms with E-state index >= 15 is 0 Å². The second-order valence-corrected chi connectivity index (χ2v) is 3.28. The number of carbonyl (C=O) groups excluding carboxylic acids is 1. The van der Waals surface area contributed by atoms with Gasteiger partial charge in [0.05, 0.1) is 0 Å². The van der Waals surface area contributed by atoms with Crippen molar-refractivity contribution in [3.8, 4) is 0 Å². The van der Waals surface area contributed by atoms with Crippen LogP contribution in [0.5, 0.6) is 0 Å². The Morgan fingerprint density at radius 1 is 1.47 bits per heavy atom. The summed E-state index contributed by atoms with van der Waals surface area (Å²) in [5.41, 5.74) is 2.85. The van der Waals surface area contributed by atoms with E-state index in [2.05, 4.69) is 11.9 Å². The fourth-order valence-electron chi connectivity index (χ4n) is 1.28. The van der Waals surface area contributed by atoms with E-state index in [1.54, 1.807) is 0 Å². The zero-order valence-electron chi connectivity index (χ0n) is 9.04. The standard InChI is InChI=1S/C12H15NO2/c1-4-8-15-12(14)13-11-9(2)6-5-7-10(11)3/h4-7H,1,8H2,2-3H3,(H,13,14). The lowest BCUT2D eigenvalue weighted by atomic mass is 10.1. The molecule has 0 saturated carbocycles. The number of carbonyl (C=O) groups is 1. The van der Waals surface area contributed by atoms with Gasteiger partial charge in [-0.05, 0) is 25.0 Å². The van der Waals surface area contributed by atoms with Gasteiger partial charge in [0.15, 0.2) is 0 Å². The first kappa shape index (κ1) is 11.3. The van der Waals surface area contributed by atoms with Crippen molar-refractivity contribution in [2.24, 2.45) is 0 Å². The Balaban J connectivity index is 2.71. The van der Waals surface area contributed by atoms with Crippen LogP contribution in [0.4, 0.5) is 10.5 Å². The quantitative estimate of drug-likeness (QED) is 0.770. The topological polar surface area (TPSA) is 38.3 Å². The van der Waals surface area contributed by atoms with Crippen LogP contribution in [0.25, 0.3) is 0 Å². The van der Waals surface area contributed by atoms with Gasteiger partial charge in [-0.1, -0.05) is 30.9 Å². The maximum Gasteiger partial charge on any atom is 0.411 e. The summed E-state index contributed by atoms with van der Waals surface area (Å²) in [6, 6.07) is 5.83. The molecule has 1 aromatic rings. The SMILES string of the molecule is C=CCOC(=O)Nc1c(C)cccc1C. The lowest BCUT2D eigenvalue weighted by Crippen LogP contribution is -2.15. The molecule has 0 radical (unpaired) electrons. The van der Waals surface area contributed by atoms with Crippen LogP contribution in [0.3, 0.4) is 0 Å². The molecule has 80 valence electrons. The van der Waals surface area contributed by atoms with Crippen LogP contribution in [-0.2, 0) is 4.74 Å². The Morgan fingerprint density at radius 2 is 2.07 bits per heavy atom. The summed E-state index contributed by atoms with van der Waals surface area (Å²) in [7, 11) is 0. The van der Waals surface area contributed by atoms with Crippen molar-refractivity contribution in [1.29, 1.82) is 0 Å². The normalized spacial score (nSPS) is 9.47. The predicted molar refractivity (Wildman–Crippen MR) is 61.1 cm³/mol. The molecule has 0 bridgehead atoms. The maximum absolute atomic E-state index is 11.3. The average molecular weight is 205 g/mol. The number of hydrogen-bond donors (Lipinski definition) is 1. The minimum Gasteiger partial charge on any atom is -0.445 e. The Labute approximate surface area is 89.8 Å². The van der Waals surface area contributed by atoms with Crippen LogP contribution < -0.4 is 5.32 Å². The Bertz CT molecular complexity index is 352. The fourth-order valence-corrected chi connectivity index (χ4v) is 1.28. The zero-order valence-corrected chi connectivity index (χ0v) is 9.04. The number of benzene rings is 1. The lowest BCUT2D eigenvalue weighted by Gasteiger charge is -2.10. The molecule has 0 heterocycles. The summed E-state index contributed by atoms with van der Waals surface area (Å²) in [4.78, 5) is 11.3. The number of ether oxygens (including phenoxy) is 1. The van der Waals surface area contributed by atoms with Crippen LogP contribution >= 0.6 is 0 Å². The molecule has 3 nitrogen and oxygen atoms in total. The van der Waals surface area contributed by atoms with E-state index in [4.69, 9.17) is 4.74 Å². The summed E-state index contributed by atoms with van der Waals surface area (Å²) in [5, 5.41) is 2.70. The summed E-state index contributed by atoms with van der Waals surface area (Å²) >= 11 is 0. The zero-order chi connectivity index (χ0) is 11.3. The number of para-hydroxylation sites is 1. The van der Waals surface area contributed by atoms with Crippen molar-refractivity contribution in [1.82, 2.24) is 0 Å². The average Bonchev–Trinajstić information content (AvgIpc) is 2.21. The summed E-state index contributed by atoms with van der Waals surface area (Å²) in [6.45, 7) is 7.57. The molecule has 15 heavy (non-hydrogen) atoms. The highest BCUT2D eigenvalue weighted by Gasteiger charge is 2.06. The maximum atomic E-state index is 11.3. The van der Waals surface area contributed by atoms with Crippen molar-refractivity contribution in [2.45, 2.75) is 13.8 Å². The molecule has 0 aromatic heterocycles. The highest BCUT2D eigenvalue weighted by Crippen LogP contribution is 2.19. The molecule has 0 aliphatic rings. The first-order valence-electron chi connectivity index (χ1n) is 4.76. The molecule has 1 amide bonds. The van der Waals surface area contributed by atoms with Gasteiger partial charge in [-0.3, -0.25) is 5.32 Å². The minimum atomic E-state index is -0.452. The van der Waals surface area contributed by atoms with Gasteiger partial charge in [0.1, 0.15) is 6.61 Å². The molecule has 0 saturated heterocycles. The van der Waals surface area contributed by atoms with Crippen LogP contribution in [0.15, 0.2) is 30.9 Å². The number of rotatable bonds is 3. The smallest absolute Gasteiger partial charge is 0.411 e. The van der Waals surface area contributed by atoms with Gasteiger partial charge in [-0.2, -0.15) is 0 Å². The van der Waals surface area contributed by atoms with Gasteiger partial charge in [0.2, 0.25) is 0 Å². The second kappa shape index (κ2) is 5.20. The molecular formula is C12H15NO2. The van der Waals surface area contributed by atoms with Gasteiger partial charge in [-0.15, -0.1) is 0 Å². The van der Waals surface area contributed by atoms with Gasteiger partial charge < -0.3 is 4.74 Å². The molecule has 1 rings (SSSR count). The molecule has 3 heteroatoms. The van der Waals surface area contributed by atoms with Gasteiger partial charge in [0, 0.05) is 5.69 Å². The highest BCUT2D eigenvalue weighted by molar-refractivity contribution is 5.86. The third-order valence-electron chi connectivity index (χ3n) is 2.04. The summed E-state index contributed by atoms with van der Waals surface area (Å²) in [6.07, 6.45) is 1.08. The molecule has 0 aliphatic carbocycles. The Kier molecular flexibility index (Phi) is 3.92. The second-order valence-electron chi connectivity index (χ2n) is 3.28. The van der Waals surface area contributed by atoms with Gasteiger partial charge >= 0.3 is 6.09 Å².